The molecule has 0 saturated carbocycles. The second kappa shape index (κ2) is 5.11. The lowest BCUT2D eigenvalue weighted by Crippen LogP contribution is -2.19. The normalized spacial score (nSPS) is 11.0. The number of carboxylic acids is 1. The molecule has 0 amide bonds. The van der Waals surface area contributed by atoms with Crippen molar-refractivity contribution >= 4 is 39.3 Å². The van der Waals surface area contributed by atoms with Gasteiger partial charge >= 0.3 is 5.97 Å². The maximum Gasteiger partial charge on any atom is 0.304 e. The zero-order valence-corrected chi connectivity index (χ0v) is 11.6. The standard InChI is InChI=1S/C11H12N2O3S2/c1-6-5-7-9(18-6)12-11(13(2)10(7)16)17-4-3-8(14)15/h5H,3-4H2,1-2H3,(H,14,15). The summed E-state index contributed by atoms with van der Waals surface area (Å²) in [5.41, 5.74) is -0.0813. The summed E-state index contributed by atoms with van der Waals surface area (Å²) in [5, 5.41) is 9.78. The third-order valence-electron chi connectivity index (χ3n) is 2.40. The molecular formula is C11H12N2O3S2. The van der Waals surface area contributed by atoms with Crippen molar-refractivity contribution in [3.05, 3.63) is 21.3 Å². The highest BCUT2D eigenvalue weighted by Gasteiger charge is 2.11. The first-order valence-corrected chi connectivity index (χ1v) is 7.11. The van der Waals surface area contributed by atoms with E-state index in [9.17, 15) is 9.59 Å². The van der Waals surface area contributed by atoms with Crippen LogP contribution in [-0.4, -0.2) is 26.4 Å². The van der Waals surface area contributed by atoms with Crippen LogP contribution in [0.15, 0.2) is 16.0 Å². The maximum absolute atomic E-state index is 12.1. The molecule has 0 radical (unpaired) electrons. The van der Waals surface area contributed by atoms with E-state index in [0.717, 1.165) is 4.88 Å². The van der Waals surface area contributed by atoms with Crippen molar-refractivity contribution in [2.45, 2.75) is 18.5 Å². The number of nitrogens with zero attached hydrogens (tertiary/aromatic N) is 2. The van der Waals surface area contributed by atoms with Crippen LogP contribution in [0.1, 0.15) is 11.3 Å². The third kappa shape index (κ3) is 2.56. The molecule has 0 aliphatic rings. The molecule has 2 aromatic heterocycles. The van der Waals surface area contributed by atoms with Crippen LogP contribution in [0, 0.1) is 6.92 Å². The van der Waals surface area contributed by atoms with E-state index in [-0.39, 0.29) is 12.0 Å². The molecule has 2 aromatic rings. The molecule has 0 aliphatic heterocycles. The Hall–Kier alpha value is -1.34. The molecule has 2 rings (SSSR count). The van der Waals surface area contributed by atoms with Gasteiger partial charge in [-0.1, -0.05) is 11.8 Å². The number of thioether (sulfide) groups is 1. The van der Waals surface area contributed by atoms with Crippen molar-refractivity contribution in [3.8, 4) is 0 Å². The van der Waals surface area contributed by atoms with Gasteiger partial charge in [-0.25, -0.2) is 4.98 Å². The Morgan fingerprint density at radius 2 is 2.33 bits per heavy atom. The van der Waals surface area contributed by atoms with Gasteiger partial charge in [0.15, 0.2) is 5.16 Å². The fourth-order valence-electron chi connectivity index (χ4n) is 1.53. The minimum absolute atomic E-state index is 0.0576. The highest BCUT2D eigenvalue weighted by molar-refractivity contribution is 7.99. The van der Waals surface area contributed by atoms with Crippen LogP contribution < -0.4 is 5.56 Å². The van der Waals surface area contributed by atoms with Crippen LogP contribution in [0.3, 0.4) is 0 Å². The molecule has 0 unspecified atom stereocenters. The largest absolute Gasteiger partial charge is 0.481 e. The summed E-state index contributed by atoms with van der Waals surface area (Å²) >= 11 is 2.77. The first-order chi connectivity index (χ1) is 8.49. The molecular weight excluding hydrogens is 272 g/mol. The monoisotopic (exact) mass is 284 g/mol. The van der Waals surface area contributed by atoms with Gasteiger partial charge in [-0.15, -0.1) is 11.3 Å². The number of aryl methyl sites for hydroxylation is 1. The Morgan fingerprint density at radius 1 is 1.61 bits per heavy atom. The quantitative estimate of drug-likeness (QED) is 0.685. The molecule has 0 spiro atoms. The second-order valence-electron chi connectivity index (χ2n) is 3.83. The summed E-state index contributed by atoms with van der Waals surface area (Å²) in [5.74, 6) is -0.439. The molecule has 0 fully saturated rings. The van der Waals surface area contributed by atoms with E-state index in [4.69, 9.17) is 5.11 Å². The molecule has 1 N–H and O–H groups in total. The predicted molar refractivity (Wildman–Crippen MR) is 72.6 cm³/mol. The fourth-order valence-corrected chi connectivity index (χ4v) is 3.35. The van der Waals surface area contributed by atoms with Gasteiger partial charge in [0.2, 0.25) is 0 Å². The summed E-state index contributed by atoms with van der Waals surface area (Å²) < 4.78 is 1.47. The average Bonchev–Trinajstić information content (AvgIpc) is 2.66. The lowest BCUT2D eigenvalue weighted by molar-refractivity contribution is -0.136. The number of carboxylic acid groups (broad SMARTS) is 1. The van der Waals surface area contributed by atoms with Gasteiger partial charge in [0.25, 0.3) is 5.56 Å². The lowest BCUT2D eigenvalue weighted by atomic mass is 10.4. The number of aliphatic carboxylic acids is 1. The molecule has 96 valence electrons. The zero-order chi connectivity index (χ0) is 13.3. The van der Waals surface area contributed by atoms with Crippen LogP contribution in [0.5, 0.6) is 0 Å². The first-order valence-electron chi connectivity index (χ1n) is 5.31. The zero-order valence-electron chi connectivity index (χ0n) is 9.97. The van der Waals surface area contributed by atoms with E-state index in [0.29, 0.717) is 21.1 Å². The number of rotatable bonds is 4. The van der Waals surface area contributed by atoms with Gasteiger partial charge < -0.3 is 5.11 Å². The van der Waals surface area contributed by atoms with Crippen LogP contribution in [-0.2, 0) is 11.8 Å². The van der Waals surface area contributed by atoms with Gasteiger partial charge in [0.05, 0.1) is 11.8 Å². The number of aromatic nitrogens is 2. The smallest absolute Gasteiger partial charge is 0.304 e. The lowest BCUT2D eigenvalue weighted by Gasteiger charge is -2.05. The van der Waals surface area contributed by atoms with Crippen LogP contribution in [0.25, 0.3) is 10.2 Å². The predicted octanol–water partition coefficient (Wildman–Crippen LogP) is 1.87. The number of hydrogen-bond acceptors (Lipinski definition) is 5. The molecule has 0 atom stereocenters. The van der Waals surface area contributed by atoms with Crippen molar-refractivity contribution in [2.75, 3.05) is 5.75 Å². The second-order valence-corrected chi connectivity index (χ2v) is 6.12. The van der Waals surface area contributed by atoms with Crippen molar-refractivity contribution < 1.29 is 9.90 Å². The number of thiophene rings is 1. The topological polar surface area (TPSA) is 72.2 Å². The van der Waals surface area contributed by atoms with Crippen molar-refractivity contribution in [2.24, 2.45) is 7.05 Å². The molecule has 0 aliphatic carbocycles. The Labute approximate surface area is 111 Å². The van der Waals surface area contributed by atoms with Crippen molar-refractivity contribution in [1.29, 1.82) is 0 Å². The SMILES string of the molecule is Cc1cc2c(=O)n(C)c(SCCC(=O)O)nc2s1. The Morgan fingerprint density at radius 3 is 3.00 bits per heavy atom. The molecule has 7 heteroatoms. The van der Waals surface area contributed by atoms with Gasteiger partial charge in [-0.3, -0.25) is 14.2 Å². The Kier molecular flexibility index (Phi) is 3.72. The van der Waals surface area contributed by atoms with E-state index in [1.54, 1.807) is 7.05 Å². The third-order valence-corrected chi connectivity index (χ3v) is 4.38. The summed E-state index contributed by atoms with van der Waals surface area (Å²) in [6.07, 6.45) is 0.0576. The number of carbonyl (C=O) groups is 1. The van der Waals surface area contributed by atoms with E-state index in [1.807, 2.05) is 13.0 Å². The van der Waals surface area contributed by atoms with Gasteiger partial charge in [0.1, 0.15) is 4.83 Å². The maximum atomic E-state index is 12.1. The summed E-state index contributed by atoms with van der Waals surface area (Å²) in [4.78, 5) is 28.7. The van der Waals surface area contributed by atoms with Crippen LogP contribution >= 0.6 is 23.1 Å². The average molecular weight is 284 g/mol. The highest BCUT2D eigenvalue weighted by Crippen LogP contribution is 2.23. The number of fused-ring (bicyclic) bond motifs is 1. The highest BCUT2D eigenvalue weighted by atomic mass is 32.2. The Balaban J connectivity index is 2.36. The summed E-state index contributed by atoms with van der Waals surface area (Å²) in [7, 11) is 1.66. The fraction of sp³-hybridized carbons (Fsp3) is 0.364. The molecule has 18 heavy (non-hydrogen) atoms. The molecule has 2 heterocycles. The van der Waals surface area contributed by atoms with E-state index >= 15 is 0 Å². The minimum Gasteiger partial charge on any atom is -0.481 e. The summed E-state index contributed by atoms with van der Waals surface area (Å²) in [6, 6.07) is 1.83. The summed E-state index contributed by atoms with van der Waals surface area (Å²) in [6.45, 7) is 1.93. The van der Waals surface area contributed by atoms with E-state index in [2.05, 4.69) is 4.98 Å². The van der Waals surface area contributed by atoms with E-state index in [1.165, 1.54) is 27.7 Å². The Bertz CT molecular complexity index is 660. The van der Waals surface area contributed by atoms with Crippen molar-refractivity contribution in [1.82, 2.24) is 9.55 Å². The van der Waals surface area contributed by atoms with E-state index < -0.39 is 5.97 Å². The van der Waals surface area contributed by atoms with Crippen molar-refractivity contribution in [3.63, 3.8) is 0 Å². The molecule has 0 aromatic carbocycles. The van der Waals surface area contributed by atoms with Crippen LogP contribution in [0.2, 0.25) is 0 Å². The molecule has 5 nitrogen and oxygen atoms in total. The molecule has 0 saturated heterocycles. The van der Waals surface area contributed by atoms with Gasteiger partial charge in [0, 0.05) is 17.7 Å². The van der Waals surface area contributed by atoms with Gasteiger partial charge in [-0.2, -0.15) is 0 Å². The minimum atomic E-state index is -0.847. The van der Waals surface area contributed by atoms with Gasteiger partial charge in [-0.05, 0) is 13.0 Å². The van der Waals surface area contributed by atoms with Crippen LogP contribution in [0.4, 0.5) is 0 Å². The molecule has 0 bridgehead atoms. The number of hydrogen-bond donors (Lipinski definition) is 1. The first kappa shape index (κ1) is 13.1.